The molecule has 1 N–H and O–H groups in total. The van der Waals surface area contributed by atoms with Crippen LogP contribution in [0, 0.1) is 6.92 Å². The number of aryl methyl sites for hydroxylation is 1. The van der Waals surface area contributed by atoms with Gasteiger partial charge < -0.3 is 9.73 Å². The van der Waals surface area contributed by atoms with Crippen LogP contribution in [0.1, 0.15) is 41.8 Å². The van der Waals surface area contributed by atoms with Gasteiger partial charge in [0, 0.05) is 24.3 Å². The van der Waals surface area contributed by atoms with E-state index in [1.54, 1.807) is 31.2 Å². The van der Waals surface area contributed by atoms with Crippen molar-refractivity contribution in [2.75, 3.05) is 18.4 Å². The highest BCUT2D eigenvalue weighted by Gasteiger charge is 2.25. The molecular formula is C18H22N2O4S. The number of nitrogens with one attached hydrogen (secondary N) is 1. The van der Waals surface area contributed by atoms with Crippen molar-refractivity contribution in [3.8, 4) is 0 Å². The molecule has 6 nitrogen and oxygen atoms in total. The van der Waals surface area contributed by atoms with E-state index in [1.807, 2.05) is 0 Å². The molecule has 0 unspecified atom stereocenters. The molecule has 1 fully saturated rings. The second kappa shape index (κ2) is 7.41. The highest BCUT2D eigenvalue weighted by atomic mass is 32.2. The predicted octanol–water partition coefficient (Wildman–Crippen LogP) is 3.41. The zero-order valence-corrected chi connectivity index (χ0v) is 15.0. The number of benzene rings is 1. The van der Waals surface area contributed by atoms with Crippen LogP contribution in [0.2, 0.25) is 0 Å². The zero-order valence-electron chi connectivity index (χ0n) is 14.2. The Morgan fingerprint density at radius 2 is 1.84 bits per heavy atom. The van der Waals surface area contributed by atoms with Gasteiger partial charge in [-0.2, -0.15) is 4.31 Å². The van der Waals surface area contributed by atoms with Gasteiger partial charge in [0.15, 0.2) is 5.76 Å². The number of carbonyl (C=O) groups excluding carboxylic acids is 1. The average Bonchev–Trinajstić information content (AvgIpc) is 2.85. The lowest BCUT2D eigenvalue weighted by Crippen LogP contribution is -2.32. The number of hydrogen-bond donors (Lipinski definition) is 1. The summed E-state index contributed by atoms with van der Waals surface area (Å²) in [5.41, 5.74) is 1.16. The molecule has 25 heavy (non-hydrogen) atoms. The Labute approximate surface area is 147 Å². The summed E-state index contributed by atoms with van der Waals surface area (Å²) in [7, 11) is -3.55. The first kappa shape index (κ1) is 17.7. The fourth-order valence-corrected chi connectivity index (χ4v) is 4.52. The molecule has 0 saturated carbocycles. The van der Waals surface area contributed by atoms with Crippen LogP contribution in [0.4, 0.5) is 5.69 Å². The minimum Gasteiger partial charge on any atom is -0.459 e. The molecule has 134 valence electrons. The summed E-state index contributed by atoms with van der Waals surface area (Å²) in [6, 6.07) is 8.06. The second-order valence-corrected chi connectivity index (χ2v) is 8.17. The van der Waals surface area contributed by atoms with Crippen LogP contribution in [0.5, 0.6) is 0 Å². The van der Waals surface area contributed by atoms with Gasteiger partial charge in [0.1, 0.15) is 0 Å². The molecule has 0 radical (unpaired) electrons. The van der Waals surface area contributed by atoms with Crippen molar-refractivity contribution < 1.29 is 17.6 Å². The standard InChI is InChI=1S/C18H22N2O4S/c1-14-9-12-24-17(14)18(21)19-15-7-6-8-16(13-15)25(22,23)20-10-4-2-3-5-11-20/h6-9,12-13H,2-5,10-11H2,1H3,(H,19,21). The normalized spacial score (nSPS) is 16.4. The quantitative estimate of drug-likeness (QED) is 0.904. The molecule has 1 aromatic heterocycles. The van der Waals surface area contributed by atoms with Crippen molar-refractivity contribution in [1.29, 1.82) is 0 Å². The third kappa shape index (κ3) is 3.93. The number of amides is 1. The van der Waals surface area contributed by atoms with E-state index >= 15 is 0 Å². The maximum Gasteiger partial charge on any atom is 0.291 e. The lowest BCUT2D eigenvalue weighted by molar-refractivity contribution is 0.0996. The summed E-state index contributed by atoms with van der Waals surface area (Å²) in [6.45, 7) is 2.87. The Hall–Kier alpha value is -2.12. The van der Waals surface area contributed by atoms with Crippen molar-refractivity contribution in [3.63, 3.8) is 0 Å². The van der Waals surface area contributed by atoms with E-state index in [4.69, 9.17) is 4.42 Å². The molecular weight excluding hydrogens is 340 g/mol. The molecule has 1 amide bonds. The highest BCUT2D eigenvalue weighted by Crippen LogP contribution is 2.23. The molecule has 0 spiro atoms. The Morgan fingerprint density at radius 3 is 2.48 bits per heavy atom. The SMILES string of the molecule is Cc1ccoc1C(=O)Nc1cccc(S(=O)(=O)N2CCCCCC2)c1. The van der Waals surface area contributed by atoms with Gasteiger partial charge in [0.25, 0.3) is 5.91 Å². The molecule has 1 aromatic carbocycles. The Kier molecular flexibility index (Phi) is 5.24. The van der Waals surface area contributed by atoms with Crippen molar-refractivity contribution in [2.45, 2.75) is 37.5 Å². The Bertz CT molecular complexity index is 849. The van der Waals surface area contributed by atoms with Crippen LogP contribution in [-0.4, -0.2) is 31.7 Å². The van der Waals surface area contributed by atoms with Crippen molar-refractivity contribution in [1.82, 2.24) is 4.31 Å². The monoisotopic (exact) mass is 362 g/mol. The van der Waals surface area contributed by atoms with E-state index < -0.39 is 15.9 Å². The van der Waals surface area contributed by atoms with Crippen LogP contribution in [0.25, 0.3) is 0 Å². The molecule has 0 atom stereocenters. The number of hydrogen-bond acceptors (Lipinski definition) is 4. The molecule has 1 aliphatic rings. The van der Waals surface area contributed by atoms with Crippen molar-refractivity contribution >= 4 is 21.6 Å². The average molecular weight is 362 g/mol. The third-order valence-electron chi connectivity index (χ3n) is 4.36. The Morgan fingerprint density at radius 1 is 1.12 bits per heavy atom. The van der Waals surface area contributed by atoms with E-state index in [-0.39, 0.29) is 10.7 Å². The first-order chi connectivity index (χ1) is 12.0. The van der Waals surface area contributed by atoms with Gasteiger partial charge in [-0.1, -0.05) is 18.9 Å². The van der Waals surface area contributed by atoms with E-state index in [2.05, 4.69) is 5.32 Å². The highest BCUT2D eigenvalue weighted by molar-refractivity contribution is 7.89. The number of carbonyl (C=O) groups is 1. The van der Waals surface area contributed by atoms with Crippen molar-refractivity contribution in [2.24, 2.45) is 0 Å². The predicted molar refractivity (Wildman–Crippen MR) is 95.1 cm³/mol. The van der Waals surface area contributed by atoms with Gasteiger partial charge in [0.05, 0.1) is 11.2 Å². The largest absolute Gasteiger partial charge is 0.459 e. The van der Waals surface area contributed by atoms with E-state index in [1.165, 1.54) is 16.6 Å². The van der Waals surface area contributed by atoms with Gasteiger partial charge in [-0.15, -0.1) is 0 Å². The molecule has 7 heteroatoms. The van der Waals surface area contributed by atoms with Gasteiger partial charge in [-0.25, -0.2) is 8.42 Å². The number of rotatable bonds is 4. The van der Waals surface area contributed by atoms with Gasteiger partial charge in [0.2, 0.25) is 10.0 Å². The first-order valence-corrected chi connectivity index (χ1v) is 9.88. The molecule has 2 aromatic rings. The topological polar surface area (TPSA) is 79.6 Å². The lowest BCUT2D eigenvalue weighted by Gasteiger charge is -2.20. The van der Waals surface area contributed by atoms with Gasteiger partial charge in [-0.3, -0.25) is 4.79 Å². The first-order valence-electron chi connectivity index (χ1n) is 8.44. The third-order valence-corrected chi connectivity index (χ3v) is 6.26. The van der Waals surface area contributed by atoms with Crippen LogP contribution >= 0.6 is 0 Å². The second-order valence-electron chi connectivity index (χ2n) is 6.23. The van der Waals surface area contributed by atoms with Gasteiger partial charge in [-0.05, 0) is 44.0 Å². The molecule has 1 saturated heterocycles. The minimum atomic E-state index is -3.55. The summed E-state index contributed by atoms with van der Waals surface area (Å²) < 4.78 is 32.4. The molecule has 3 rings (SSSR count). The van der Waals surface area contributed by atoms with Crippen LogP contribution in [0.3, 0.4) is 0 Å². The molecule has 0 bridgehead atoms. The number of anilines is 1. The number of furan rings is 1. The fraction of sp³-hybridized carbons (Fsp3) is 0.389. The summed E-state index contributed by atoms with van der Waals surface area (Å²) in [6.07, 6.45) is 5.33. The van der Waals surface area contributed by atoms with E-state index in [0.29, 0.717) is 18.8 Å². The summed E-state index contributed by atoms with van der Waals surface area (Å²) in [4.78, 5) is 12.4. The zero-order chi connectivity index (χ0) is 17.9. The number of nitrogens with zero attached hydrogens (tertiary/aromatic N) is 1. The summed E-state index contributed by atoms with van der Waals surface area (Å²) in [5, 5.41) is 2.70. The summed E-state index contributed by atoms with van der Waals surface area (Å²) in [5.74, 6) is -0.174. The maximum absolute atomic E-state index is 12.9. The Balaban J connectivity index is 1.81. The number of sulfonamides is 1. The van der Waals surface area contributed by atoms with E-state index in [0.717, 1.165) is 31.2 Å². The fourth-order valence-electron chi connectivity index (χ4n) is 2.96. The minimum absolute atomic E-state index is 0.198. The van der Waals surface area contributed by atoms with Crippen molar-refractivity contribution in [3.05, 3.63) is 47.9 Å². The van der Waals surface area contributed by atoms with Crippen LogP contribution in [-0.2, 0) is 10.0 Å². The smallest absolute Gasteiger partial charge is 0.291 e. The van der Waals surface area contributed by atoms with Gasteiger partial charge >= 0.3 is 0 Å². The van der Waals surface area contributed by atoms with Crippen LogP contribution < -0.4 is 5.32 Å². The molecule has 0 aliphatic carbocycles. The van der Waals surface area contributed by atoms with Crippen LogP contribution in [0.15, 0.2) is 45.9 Å². The maximum atomic E-state index is 12.9. The molecule has 2 heterocycles. The summed E-state index contributed by atoms with van der Waals surface area (Å²) >= 11 is 0. The molecule has 1 aliphatic heterocycles. The van der Waals surface area contributed by atoms with E-state index in [9.17, 15) is 13.2 Å². The lowest BCUT2D eigenvalue weighted by atomic mass is 10.2.